The van der Waals surface area contributed by atoms with E-state index in [0.717, 1.165) is 16.7 Å². The fraction of sp³-hybridized carbons (Fsp3) is 0.160. The van der Waals surface area contributed by atoms with Crippen molar-refractivity contribution < 1.29 is 14.6 Å². The maximum Gasteiger partial charge on any atom is 0.337 e. The molecule has 0 fully saturated rings. The van der Waals surface area contributed by atoms with E-state index in [0.29, 0.717) is 24.0 Å². The van der Waals surface area contributed by atoms with Crippen LogP contribution in [-0.2, 0) is 28.8 Å². The van der Waals surface area contributed by atoms with Gasteiger partial charge in [-0.15, -0.1) is 0 Å². The van der Waals surface area contributed by atoms with Gasteiger partial charge >= 0.3 is 5.97 Å². The molecule has 0 saturated heterocycles. The van der Waals surface area contributed by atoms with Gasteiger partial charge < -0.3 is 9.84 Å². The third kappa shape index (κ3) is 3.90. The number of rotatable bonds is 6. The SMILES string of the molecule is O=C1OC(O)(Cc2ccccc2)C(Cc2ccccc2)=C1Cc1ccccc1. The first-order valence-corrected chi connectivity index (χ1v) is 9.44. The van der Waals surface area contributed by atoms with Gasteiger partial charge in [-0.2, -0.15) is 0 Å². The molecular formula is C25H22O3. The smallest absolute Gasteiger partial charge is 0.337 e. The van der Waals surface area contributed by atoms with Gasteiger partial charge in [-0.3, -0.25) is 0 Å². The summed E-state index contributed by atoms with van der Waals surface area (Å²) in [5.41, 5.74) is 4.17. The van der Waals surface area contributed by atoms with Gasteiger partial charge in [-0.25, -0.2) is 4.79 Å². The number of esters is 1. The molecule has 0 saturated carbocycles. The summed E-state index contributed by atoms with van der Waals surface area (Å²) in [6.07, 6.45) is 1.15. The Morgan fingerprint density at radius 2 is 1.14 bits per heavy atom. The highest BCUT2D eigenvalue weighted by Crippen LogP contribution is 2.37. The monoisotopic (exact) mass is 370 g/mol. The summed E-state index contributed by atoms with van der Waals surface area (Å²) in [4.78, 5) is 12.7. The van der Waals surface area contributed by atoms with Gasteiger partial charge in [0.05, 0.1) is 0 Å². The van der Waals surface area contributed by atoms with Crippen LogP contribution in [0.5, 0.6) is 0 Å². The normalized spacial score (nSPS) is 19.0. The number of ether oxygens (including phenoxy) is 1. The average molecular weight is 370 g/mol. The molecule has 1 N–H and O–H groups in total. The lowest BCUT2D eigenvalue weighted by Gasteiger charge is -2.25. The van der Waals surface area contributed by atoms with E-state index in [9.17, 15) is 9.90 Å². The Balaban J connectivity index is 1.73. The highest BCUT2D eigenvalue weighted by atomic mass is 16.7. The van der Waals surface area contributed by atoms with Crippen molar-refractivity contribution >= 4 is 5.97 Å². The van der Waals surface area contributed by atoms with E-state index in [1.807, 2.05) is 91.0 Å². The molecule has 3 aromatic carbocycles. The van der Waals surface area contributed by atoms with Crippen molar-refractivity contribution in [3.63, 3.8) is 0 Å². The van der Waals surface area contributed by atoms with E-state index >= 15 is 0 Å². The molecule has 1 atom stereocenters. The second kappa shape index (κ2) is 7.83. The van der Waals surface area contributed by atoms with Gasteiger partial charge in [-0.05, 0) is 16.7 Å². The second-order valence-corrected chi connectivity index (χ2v) is 7.12. The van der Waals surface area contributed by atoms with Crippen LogP contribution in [0.3, 0.4) is 0 Å². The molecule has 28 heavy (non-hydrogen) atoms. The molecule has 0 spiro atoms. The highest BCUT2D eigenvalue weighted by molar-refractivity contribution is 5.93. The first-order valence-electron chi connectivity index (χ1n) is 9.44. The number of aliphatic hydroxyl groups is 1. The van der Waals surface area contributed by atoms with Gasteiger partial charge in [0.1, 0.15) is 0 Å². The zero-order chi connectivity index (χ0) is 19.4. The van der Waals surface area contributed by atoms with E-state index in [1.54, 1.807) is 0 Å². The van der Waals surface area contributed by atoms with Crippen LogP contribution < -0.4 is 0 Å². The third-order valence-corrected chi connectivity index (χ3v) is 5.08. The Kier molecular flexibility index (Phi) is 5.09. The molecule has 0 aliphatic carbocycles. The molecule has 4 rings (SSSR count). The van der Waals surface area contributed by atoms with E-state index in [-0.39, 0.29) is 6.42 Å². The number of hydrogen-bond acceptors (Lipinski definition) is 3. The Labute approximate surface area is 164 Å². The lowest BCUT2D eigenvalue weighted by atomic mass is 9.89. The Morgan fingerprint density at radius 3 is 1.68 bits per heavy atom. The Morgan fingerprint density at radius 1 is 0.679 bits per heavy atom. The van der Waals surface area contributed by atoms with Gasteiger partial charge in [-0.1, -0.05) is 91.0 Å². The molecule has 1 unspecified atom stereocenters. The Bertz CT molecular complexity index is 978. The summed E-state index contributed by atoms with van der Waals surface area (Å²) < 4.78 is 5.56. The molecule has 0 bridgehead atoms. The minimum atomic E-state index is -1.63. The molecule has 0 radical (unpaired) electrons. The first kappa shape index (κ1) is 18.2. The summed E-state index contributed by atoms with van der Waals surface area (Å²) in [7, 11) is 0. The minimum absolute atomic E-state index is 0.236. The number of cyclic esters (lactones) is 1. The van der Waals surface area contributed by atoms with Gasteiger partial charge in [0.25, 0.3) is 0 Å². The maximum atomic E-state index is 12.7. The van der Waals surface area contributed by atoms with Crippen molar-refractivity contribution in [3.8, 4) is 0 Å². The van der Waals surface area contributed by atoms with E-state index < -0.39 is 11.8 Å². The number of carbonyl (C=O) groups is 1. The van der Waals surface area contributed by atoms with Crippen LogP contribution in [0.25, 0.3) is 0 Å². The minimum Gasteiger partial charge on any atom is -0.425 e. The topological polar surface area (TPSA) is 46.5 Å². The van der Waals surface area contributed by atoms with E-state index in [4.69, 9.17) is 4.74 Å². The van der Waals surface area contributed by atoms with Crippen LogP contribution in [0, 0.1) is 0 Å². The van der Waals surface area contributed by atoms with Gasteiger partial charge in [0, 0.05) is 30.4 Å². The second-order valence-electron chi connectivity index (χ2n) is 7.12. The summed E-state index contributed by atoms with van der Waals surface area (Å²) in [5, 5.41) is 11.4. The van der Waals surface area contributed by atoms with E-state index in [1.165, 1.54) is 0 Å². The van der Waals surface area contributed by atoms with Gasteiger partial charge in [0.15, 0.2) is 0 Å². The van der Waals surface area contributed by atoms with Crippen LogP contribution in [0.15, 0.2) is 102 Å². The van der Waals surface area contributed by atoms with E-state index in [2.05, 4.69) is 0 Å². The van der Waals surface area contributed by atoms with Crippen molar-refractivity contribution in [3.05, 3.63) is 119 Å². The molecule has 1 heterocycles. The standard InChI is InChI=1S/C25H22O3/c26-24-22(16-19-10-4-1-5-11-19)23(17-20-12-6-2-7-13-20)25(27,28-24)18-21-14-8-3-9-15-21/h1-15,27H,16-18H2. The molecule has 0 amide bonds. The lowest BCUT2D eigenvalue weighted by molar-refractivity contribution is -0.181. The molecular weight excluding hydrogens is 348 g/mol. The molecule has 0 aromatic heterocycles. The third-order valence-electron chi connectivity index (χ3n) is 5.08. The molecule has 3 nitrogen and oxygen atoms in total. The number of benzene rings is 3. The van der Waals surface area contributed by atoms with Crippen molar-refractivity contribution in [2.75, 3.05) is 0 Å². The van der Waals surface area contributed by atoms with Crippen molar-refractivity contribution in [2.45, 2.75) is 25.0 Å². The summed E-state index contributed by atoms with van der Waals surface area (Å²) in [6, 6.07) is 29.3. The molecule has 3 aromatic rings. The fourth-order valence-corrected chi connectivity index (χ4v) is 3.67. The molecule has 140 valence electrons. The Hall–Kier alpha value is -3.17. The summed E-state index contributed by atoms with van der Waals surface area (Å²) in [6.45, 7) is 0. The van der Waals surface area contributed by atoms with Crippen molar-refractivity contribution in [1.82, 2.24) is 0 Å². The zero-order valence-electron chi connectivity index (χ0n) is 15.5. The van der Waals surface area contributed by atoms with Crippen LogP contribution in [-0.4, -0.2) is 16.9 Å². The predicted molar refractivity (Wildman–Crippen MR) is 109 cm³/mol. The molecule has 3 heteroatoms. The maximum absolute atomic E-state index is 12.7. The fourth-order valence-electron chi connectivity index (χ4n) is 3.67. The lowest BCUT2D eigenvalue weighted by Crippen LogP contribution is -2.35. The average Bonchev–Trinajstić information content (AvgIpc) is 2.94. The van der Waals surface area contributed by atoms with Crippen LogP contribution in [0.2, 0.25) is 0 Å². The van der Waals surface area contributed by atoms with Crippen molar-refractivity contribution in [2.24, 2.45) is 0 Å². The predicted octanol–water partition coefficient (Wildman–Crippen LogP) is 4.26. The van der Waals surface area contributed by atoms with Crippen molar-refractivity contribution in [1.29, 1.82) is 0 Å². The largest absolute Gasteiger partial charge is 0.425 e. The van der Waals surface area contributed by atoms with Crippen LogP contribution in [0.4, 0.5) is 0 Å². The first-order chi connectivity index (χ1) is 13.6. The summed E-state index contributed by atoms with van der Waals surface area (Å²) >= 11 is 0. The van der Waals surface area contributed by atoms with Crippen LogP contribution >= 0.6 is 0 Å². The van der Waals surface area contributed by atoms with Gasteiger partial charge in [0.2, 0.25) is 5.79 Å². The quantitative estimate of drug-likeness (QED) is 0.660. The zero-order valence-corrected chi connectivity index (χ0v) is 15.5. The molecule has 1 aliphatic heterocycles. The number of carbonyl (C=O) groups excluding carboxylic acids is 1. The summed E-state index contributed by atoms with van der Waals surface area (Å²) in [5.74, 6) is -2.06. The number of hydrogen-bond donors (Lipinski definition) is 1. The molecule has 1 aliphatic rings. The van der Waals surface area contributed by atoms with Crippen LogP contribution in [0.1, 0.15) is 16.7 Å². The highest BCUT2D eigenvalue weighted by Gasteiger charge is 2.45.